The van der Waals surface area contributed by atoms with E-state index in [1.165, 1.54) is 11.1 Å². The number of hydrogen-bond acceptors (Lipinski definition) is 3. The maximum absolute atomic E-state index is 9.43. The average Bonchev–Trinajstić information content (AvgIpc) is 2.86. The van der Waals surface area contributed by atoms with Crippen molar-refractivity contribution in [3.05, 3.63) is 89.5 Å². The van der Waals surface area contributed by atoms with Gasteiger partial charge in [0.1, 0.15) is 11.9 Å². The molecule has 0 fully saturated rings. The summed E-state index contributed by atoms with van der Waals surface area (Å²) in [5.74, 6) is 0.900. The third kappa shape index (κ3) is 3.72. The van der Waals surface area contributed by atoms with Gasteiger partial charge >= 0.3 is 0 Å². The lowest BCUT2D eigenvalue weighted by Crippen LogP contribution is -2.18. The highest BCUT2D eigenvalue weighted by molar-refractivity contribution is 5.71. The molecule has 1 atom stereocenters. The lowest BCUT2D eigenvalue weighted by Gasteiger charge is -2.20. The molecule has 0 bridgehead atoms. The normalized spacial score (nSPS) is 16.8. The van der Waals surface area contributed by atoms with Crippen molar-refractivity contribution in [2.45, 2.75) is 19.1 Å². The van der Waals surface area contributed by atoms with Crippen LogP contribution in [0.5, 0.6) is 5.75 Å². The van der Waals surface area contributed by atoms with E-state index >= 15 is 0 Å². The van der Waals surface area contributed by atoms with Crippen molar-refractivity contribution in [2.75, 3.05) is 13.6 Å². The van der Waals surface area contributed by atoms with Gasteiger partial charge in [0.2, 0.25) is 0 Å². The van der Waals surface area contributed by atoms with Gasteiger partial charge in [-0.05, 0) is 53.6 Å². The Morgan fingerprint density at radius 2 is 1.78 bits per heavy atom. The molecule has 1 heterocycles. The number of nitriles is 1. The van der Waals surface area contributed by atoms with Crippen LogP contribution in [0.3, 0.4) is 0 Å². The second kappa shape index (κ2) is 7.65. The lowest BCUT2D eigenvalue weighted by atomic mass is 9.94. The Labute approximate surface area is 160 Å². The van der Waals surface area contributed by atoms with Gasteiger partial charge in [-0.15, -0.1) is 0 Å². The second-order valence-electron chi connectivity index (χ2n) is 7.02. The van der Waals surface area contributed by atoms with E-state index in [9.17, 15) is 5.26 Å². The summed E-state index contributed by atoms with van der Waals surface area (Å²) in [4.78, 5) is 2.33. The Morgan fingerprint density at radius 3 is 2.59 bits per heavy atom. The van der Waals surface area contributed by atoms with Crippen molar-refractivity contribution in [1.82, 2.24) is 4.90 Å². The van der Waals surface area contributed by atoms with Crippen molar-refractivity contribution >= 4 is 0 Å². The molecule has 0 N–H and O–H groups in total. The molecular weight excluding hydrogens is 332 g/mol. The molecule has 27 heavy (non-hydrogen) atoms. The van der Waals surface area contributed by atoms with E-state index in [1.54, 1.807) is 0 Å². The number of para-hydroxylation sites is 1. The summed E-state index contributed by atoms with van der Waals surface area (Å²) in [6.07, 6.45) is 0.986. The molecular formula is C24H22N2O. The summed E-state index contributed by atoms with van der Waals surface area (Å²) < 4.78 is 6.32. The van der Waals surface area contributed by atoms with Gasteiger partial charge in [-0.3, -0.25) is 0 Å². The fraction of sp³-hybridized carbons (Fsp3) is 0.208. The van der Waals surface area contributed by atoms with E-state index in [1.807, 2.05) is 54.6 Å². The smallest absolute Gasteiger partial charge is 0.125 e. The summed E-state index contributed by atoms with van der Waals surface area (Å²) in [6.45, 7) is 1.86. The zero-order valence-corrected chi connectivity index (χ0v) is 15.4. The van der Waals surface area contributed by atoms with Gasteiger partial charge in [0, 0.05) is 19.5 Å². The van der Waals surface area contributed by atoms with Gasteiger partial charge in [0.25, 0.3) is 0 Å². The maximum Gasteiger partial charge on any atom is 0.125 e. The minimum Gasteiger partial charge on any atom is -0.486 e. The summed E-state index contributed by atoms with van der Waals surface area (Å²) in [6, 6.07) is 26.6. The number of nitrogens with zero attached hydrogens (tertiary/aromatic N) is 2. The molecule has 3 nitrogen and oxygen atoms in total. The molecule has 3 aromatic carbocycles. The minimum atomic E-state index is 0.0348. The predicted octanol–water partition coefficient (Wildman–Crippen LogP) is 5.18. The summed E-state index contributed by atoms with van der Waals surface area (Å²) >= 11 is 0. The first-order valence-corrected chi connectivity index (χ1v) is 9.27. The maximum atomic E-state index is 9.43. The molecule has 134 valence electrons. The van der Waals surface area contributed by atoms with Crippen LogP contribution in [-0.2, 0) is 6.54 Å². The Hall–Kier alpha value is -3.09. The molecule has 1 unspecified atom stereocenters. The van der Waals surface area contributed by atoms with E-state index in [-0.39, 0.29) is 6.10 Å². The molecule has 0 saturated carbocycles. The van der Waals surface area contributed by atoms with Gasteiger partial charge < -0.3 is 9.64 Å². The van der Waals surface area contributed by atoms with Crippen LogP contribution >= 0.6 is 0 Å². The number of hydrogen-bond donors (Lipinski definition) is 0. The Kier molecular flexibility index (Phi) is 4.91. The molecule has 0 spiro atoms. The highest BCUT2D eigenvalue weighted by atomic mass is 16.5. The van der Waals surface area contributed by atoms with Crippen LogP contribution in [0.4, 0.5) is 0 Å². The van der Waals surface area contributed by atoms with E-state index in [2.05, 4.69) is 36.2 Å². The third-order valence-corrected chi connectivity index (χ3v) is 5.08. The number of ether oxygens (including phenoxy) is 1. The van der Waals surface area contributed by atoms with Gasteiger partial charge in [0.15, 0.2) is 0 Å². The van der Waals surface area contributed by atoms with Crippen LogP contribution in [0.15, 0.2) is 72.8 Å². The summed E-state index contributed by atoms with van der Waals surface area (Å²) in [7, 11) is 2.14. The number of benzene rings is 3. The van der Waals surface area contributed by atoms with Crippen LogP contribution < -0.4 is 4.74 Å². The fourth-order valence-corrected chi connectivity index (χ4v) is 3.71. The fourth-order valence-electron chi connectivity index (χ4n) is 3.71. The van der Waals surface area contributed by atoms with E-state index < -0.39 is 0 Å². The van der Waals surface area contributed by atoms with Crippen molar-refractivity contribution in [2.24, 2.45) is 0 Å². The van der Waals surface area contributed by atoms with E-state index in [0.29, 0.717) is 5.56 Å². The molecule has 1 aliphatic heterocycles. The van der Waals surface area contributed by atoms with Gasteiger partial charge in [-0.25, -0.2) is 0 Å². The molecule has 0 radical (unpaired) electrons. The monoisotopic (exact) mass is 354 g/mol. The molecule has 4 rings (SSSR count). The van der Waals surface area contributed by atoms with Gasteiger partial charge in [-0.1, -0.05) is 48.5 Å². The average molecular weight is 354 g/mol. The Balaban J connectivity index is 1.73. The standard InChI is InChI=1S/C24H22N2O/c1-26-14-13-24(27-21-8-3-2-4-9-21)23-12-11-18(15-20(23)17-26)22-10-6-5-7-19(22)16-25/h2-12,15,24H,13-14,17H2,1H3. The van der Waals surface area contributed by atoms with Crippen LogP contribution in [0.1, 0.15) is 29.2 Å². The lowest BCUT2D eigenvalue weighted by molar-refractivity contribution is 0.182. The Morgan fingerprint density at radius 1 is 1.00 bits per heavy atom. The highest BCUT2D eigenvalue weighted by Gasteiger charge is 2.23. The molecule has 0 amide bonds. The molecule has 3 heteroatoms. The largest absolute Gasteiger partial charge is 0.486 e. The van der Waals surface area contributed by atoms with Crippen LogP contribution in [0.2, 0.25) is 0 Å². The molecule has 3 aromatic rings. The highest BCUT2D eigenvalue weighted by Crippen LogP contribution is 2.34. The van der Waals surface area contributed by atoms with Crippen molar-refractivity contribution in [1.29, 1.82) is 5.26 Å². The first-order chi connectivity index (χ1) is 13.2. The SMILES string of the molecule is CN1CCC(Oc2ccccc2)c2ccc(-c3ccccc3C#N)cc2C1. The number of fused-ring (bicyclic) bond motifs is 1. The Bertz CT molecular complexity index is 975. The zero-order chi connectivity index (χ0) is 18.6. The van der Waals surface area contributed by atoms with Gasteiger partial charge in [0.05, 0.1) is 11.6 Å². The first-order valence-electron chi connectivity index (χ1n) is 9.27. The zero-order valence-electron chi connectivity index (χ0n) is 15.4. The van der Waals surface area contributed by atoms with Crippen LogP contribution in [-0.4, -0.2) is 18.5 Å². The molecule has 0 aliphatic carbocycles. The number of rotatable bonds is 3. The minimum absolute atomic E-state index is 0.0348. The van der Waals surface area contributed by atoms with Crippen LogP contribution in [0, 0.1) is 11.3 Å². The van der Waals surface area contributed by atoms with Crippen molar-refractivity contribution < 1.29 is 4.74 Å². The summed E-state index contributed by atoms with van der Waals surface area (Å²) in [5, 5.41) is 9.43. The topological polar surface area (TPSA) is 36.3 Å². The quantitative estimate of drug-likeness (QED) is 0.650. The van der Waals surface area contributed by atoms with E-state index in [4.69, 9.17) is 4.74 Å². The van der Waals surface area contributed by atoms with Crippen molar-refractivity contribution in [3.8, 4) is 22.9 Å². The molecule has 0 saturated heterocycles. The molecule has 0 aromatic heterocycles. The second-order valence-corrected chi connectivity index (χ2v) is 7.02. The summed E-state index contributed by atoms with van der Waals surface area (Å²) in [5.41, 5.74) is 5.27. The third-order valence-electron chi connectivity index (χ3n) is 5.08. The first kappa shape index (κ1) is 17.3. The van der Waals surface area contributed by atoms with Crippen LogP contribution in [0.25, 0.3) is 11.1 Å². The van der Waals surface area contributed by atoms with Gasteiger partial charge in [-0.2, -0.15) is 5.26 Å². The van der Waals surface area contributed by atoms with E-state index in [0.717, 1.165) is 36.4 Å². The molecule has 1 aliphatic rings. The van der Waals surface area contributed by atoms with Crippen molar-refractivity contribution in [3.63, 3.8) is 0 Å². The predicted molar refractivity (Wildman–Crippen MR) is 107 cm³/mol.